The van der Waals surface area contributed by atoms with E-state index in [0.29, 0.717) is 6.67 Å². The maximum Gasteiger partial charge on any atom is 0.137 e. The Bertz CT molecular complexity index is 3050. The van der Waals surface area contributed by atoms with E-state index in [1.54, 1.807) is 0 Å². The summed E-state index contributed by atoms with van der Waals surface area (Å²) in [5, 5.41) is 2.35. The second-order valence-corrected chi connectivity index (χ2v) is 22.7. The number of hydrogen-bond donors (Lipinski definition) is 0. The van der Waals surface area contributed by atoms with Gasteiger partial charge in [-0.1, -0.05) is 181 Å². The highest BCUT2D eigenvalue weighted by molar-refractivity contribution is 6.09. The lowest BCUT2D eigenvalue weighted by Crippen LogP contribution is -2.32. The third-order valence-electron chi connectivity index (χ3n) is 14.0. The molecule has 2 aromatic heterocycles. The number of nitrogens with zero attached hydrogens (tertiary/aromatic N) is 4. The summed E-state index contributed by atoms with van der Waals surface area (Å²) in [4.78, 5) is 9.96. The molecule has 5 nitrogen and oxygen atoms in total. The number of para-hydroxylation sites is 1. The lowest BCUT2D eigenvalue weighted by atomic mass is 9.73. The Kier molecular flexibility index (Phi) is 11.3. The molecule has 0 radical (unpaired) electrons. The molecule has 0 saturated carbocycles. The molecule has 0 atom stereocenters. The third-order valence-corrected chi connectivity index (χ3v) is 14.0. The molecule has 342 valence electrons. The molecule has 8 aromatic rings. The van der Waals surface area contributed by atoms with Gasteiger partial charge >= 0.3 is 0 Å². The van der Waals surface area contributed by atoms with Gasteiger partial charge < -0.3 is 14.5 Å². The van der Waals surface area contributed by atoms with Crippen molar-refractivity contribution in [2.45, 2.75) is 106 Å². The number of allylic oxidation sites excluding steroid dienone is 2. The van der Waals surface area contributed by atoms with Crippen molar-refractivity contribution < 1.29 is 4.74 Å². The predicted molar refractivity (Wildman–Crippen MR) is 283 cm³/mol. The molecule has 1 aliphatic heterocycles. The molecule has 1 aliphatic rings. The number of pyridine rings is 1. The van der Waals surface area contributed by atoms with Gasteiger partial charge in [0.1, 0.15) is 17.3 Å². The van der Waals surface area contributed by atoms with Gasteiger partial charge in [0.25, 0.3) is 0 Å². The van der Waals surface area contributed by atoms with Crippen LogP contribution in [-0.2, 0) is 16.2 Å². The summed E-state index contributed by atoms with van der Waals surface area (Å²) in [5.74, 6) is 2.47. The van der Waals surface area contributed by atoms with E-state index in [9.17, 15) is 0 Å². The summed E-state index contributed by atoms with van der Waals surface area (Å²) < 4.78 is 9.28. The van der Waals surface area contributed by atoms with Crippen LogP contribution < -0.4 is 14.5 Å². The largest absolute Gasteiger partial charge is 0.457 e. The van der Waals surface area contributed by atoms with E-state index in [4.69, 9.17) is 9.72 Å². The van der Waals surface area contributed by atoms with Gasteiger partial charge in [0.2, 0.25) is 0 Å². The number of hydrogen-bond acceptors (Lipinski definition) is 4. The zero-order valence-corrected chi connectivity index (χ0v) is 42.0. The minimum absolute atomic E-state index is 0.142. The van der Waals surface area contributed by atoms with Gasteiger partial charge in [0, 0.05) is 73.5 Å². The van der Waals surface area contributed by atoms with Crippen LogP contribution in [-0.4, -0.2) is 16.2 Å². The van der Waals surface area contributed by atoms with E-state index in [2.05, 4.69) is 250 Å². The smallest absolute Gasteiger partial charge is 0.137 e. The first-order valence-corrected chi connectivity index (χ1v) is 24.0. The van der Waals surface area contributed by atoms with E-state index < -0.39 is 0 Å². The Morgan fingerprint density at radius 2 is 0.910 bits per heavy atom. The molecule has 0 fully saturated rings. The van der Waals surface area contributed by atoms with Crippen LogP contribution in [0.15, 0.2) is 175 Å². The first-order valence-electron chi connectivity index (χ1n) is 24.0. The van der Waals surface area contributed by atoms with Gasteiger partial charge in [-0.3, -0.25) is 4.57 Å². The minimum atomic E-state index is -0.251. The van der Waals surface area contributed by atoms with E-state index >= 15 is 0 Å². The van der Waals surface area contributed by atoms with E-state index in [1.807, 2.05) is 18.3 Å². The summed E-state index contributed by atoms with van der Waals surface area (Å²) in [6.45, 7) is 31.2. The Morgan fingerprint density at radius 1 is 0.403 bits per heavy atom. The highest BCUT2D eigenvalue weighted by atomic mass is 16.5. The average molecular weight is 885 g/mol. The molecule has 0 N–H and O–H groups in total. The second-order valence-electron chi connectivity index (χ2n) is 22.7. The van der Waals surface area contributed by atoms with Gasteiger partial charge in [-0.15, -0.1) is 0 Å². The zero-order chi connectivity index (χ0) is 47.7. The summed E-state index contributed by atoms with van der Waals surface area (Å²) in [6, 6.07) is 57.3. The fourth-order valence-electron chi connectivity index (χ4n) is 10.1. The maximum absolute atomic E-state index is 7.04. The monoisotopic (exact) mass is 885 g/mol. The van der Waals surface area contributed by atoms with Crippen molar-refractivity contribution in [3.05, 3.63) is 203 Å². The SMILES string of the molecule is CC(C)(C)C1=C(C(C)(C)C)N(c2cc(C(C)(C)c3ccccc3)cc(C(C)(C)c3ccccc3)c2)CN1c1cc(Oc2ccc3c4ccccc4n(-c4ccccn4)c3c2)cc(C(C)(C)C)c1. The van der Waals surface area contributed by atoms with Crippen LogP contribution in [0.4, 0.5) is 11.4 Å². The normalized spacial score (nSPS) is 14.2. The molecular formula is C62H68N4O. The molecule has 67 heavy (non-hydrogen) atoms. The van der Waals surface area contributed by atoms with Crippen molar-refractivity contribution in [1.29, 1.82) is 0 Å². The standard InChI is InChI=1S/C62H68N4O/c1-58(2,3)44-35-48(39-50(38-44)67-49-31-32-52-51-28-20-21-29-53(51)66(54(52)40-49)55-30-22-23-33-63-55)65-41-64(56(59(4,5)6)57(65)60(7,8)9)47-36-45(61(10,11)42-24-16-14-17-25-42)34-46(37-47)62(12,13)43-26-18-15-19-27-43/h14-40H,41H2,1-13H3. The quantitative estimate of drug-likeness (QED) is 0.145. The number of rotatable bonds is 9. The fraction of sp³-hybridized carbons (Fsp3) is 0.306. The topological polar surface area (TPSA) is 33.5 Å². The highest BCUT2D eigenvalue weighted by Gasteiger charge is 2.43. The van der Waals surface area contributed by atoms with Gasteiger partial charge in [0.05, 0.1) is 17.7 Å². The summed E-state index contributed by atoms with van der Waals surface area (Å²) in [5.41, 5.74) is 12.5. The molecule has 0 spiro atoms. The van der Waals surface area contributed by atoms with Crippen molar-refractivity contribution >= 4 is 33.2 Å². The van der Waals surface area contributed by atoms with Crippen molar-refractivity contribution in [1.82, 2.24) is 9.55 Å². The molecule has 0 saturated heterocycles. The molecule has 9 rings (SSSR count). The van der Waals surface area contributed by atoms with Crippen LogP contribution in [0.1, 0.15) is 118 Å². The fourth-order valence-corrected chi connectivity index (χ4v) is 10.1. The summed E-state index contributed by atoms with van der Waals surface area (Å²) >= 11 is 0. The van der Waals surface area contributed by atoms with E-state index in [0.717, 1.165) is 39.4 Å². The number of aromatic nitrogens is 2. The molecule has 3 heterocycles. The Morgan fingerprint density at radius 3 is 1.45 bits per heavy atom. The molecule has 6 aromatic carbocycles. The molecule has 5 heteroatoms. The first kappa shape index (κ1) is 45.6. The van der Waals surface area contributed by atoms with Crippen molar-refractivity contribution in [3.8, 4) is 17.3 Å². The van der Waals surface area contributed by atoms with Crippen LogP contribution >= 0.6 is 0 Å². The maximum atomic E-state index is 7.04. The first-order chi connectivity index (χ1) is 31.6. The number of benzene rings is 6. The lowest BCUT2D eigenvalue weighted by Gasteiger charge is -2.36. The van der Waals surface area contributed by atoms with Gasteiger partial charge in [-0.25, -0.2) is 4.98 Å². The van der Waals surface area contributed by atoms with Crippen LogP contribution in [0, 0.1) is 10.8 Å². The van der Waals surface area contributed by atoms with Crippen molar-refractivity contribution in [2.24, 2.45) is 10.8 Å². The molecule has 0 bridgehead atoms. The minimum Gasteiger partial charge on any atom is -0.457 e. The Labute approximate surface area is 399 Å². The Hall–Kier alpha value is -6.59. The molecule has 0 unspecified atom stereocenters. The van der Waals surface area contributed by atoms with Crippen molar-refractivity contribution in [3.63, 3.8) is 0 Å². The van der Waals surface area contributed by atoms with Crippen LogP contribution in [0.3, 0.4) is 0 Å². The number of anilines is 2. The van der Waals surface area contributed by atoms with Crippen molar-refractivity contribution in [2.75, 3.05) is 16.5 Å². The summed E-state index contributed by atoms with van der Waals surface area (Å²) in [7, 11) is 0. The number of ether oxygens (including phenoxy) is 1. The van der Waals surface area contributed by atoms with Gasteiger partial charge in [0.15, 0.2) is 0 Å². The molecule has 0 amide bonds. The van der Waals surface area contributed by atoms with Gasteiger partial charge in [-0.05, 0) is 87.8 Å². The van der Waals surface area contributed by atoms with E-state index in [1.165, 1.54) is 50.3 Å². The van der Waals surface area contributed by atoms with E-state index in [-0.39, 0.29) is 27.1 Å². The van der Waals surface area contributed by atoms with Crippen LogP contribution in [0.25, 0.3) is 27.6 Å². The molecule has 0 aliphatic carbocycles. The van der Waals surface area contributed by atoms with Crippen LogP contribution in [0.2, 0.25) is 0 Å². The number of fused-ring (bicyclic) bond motifs is 3. The summed E-state index contributed by atoms with van der Waals surface area (Å²) in [6.07, 6.45) is 1.85. The average Bonchev–Trinajstić information content (AvgIpc) is 3.88. The predicted octanol–water partition coefficient (Wildman–Crippen LogP) is 16.5. The molecular weight excluding hydrogens is 817 g/mol. The van der Waals surface area contributed by atoms with Crippen LogP contribution in [0.5, 0.6) is 11.5 Å². The van der Waals surface area contributed by atoms with Gasteiger partial charge in [-0.2, -0.15) is 0 Å². The highest BCUT2D eigenvalue weighted by Crippen LogP contribution is 2.50. The lowest BCUT2D eigenvalue weighted by molar-refractivity contribution is 0.444. The Balaban J connectivity index is 1.20. The zero-order valence-electron chi connectivity index (χ0n) is 42.0. The third kappa shape index (κ3) is 8.54. The second kappa shape index (κ2) is 16.6.